The Hall–Kier alpha value is -1.70. The molecule has 116 valence electrons. The van der Waals surface area contributed by atoms with E-state index in [4.69, 9.17) is 9.47 Å². The first-order chi connectivity index (χ1) is 9.69. The molecule has 0 radical (unpaired) electrons. The van der Waals surface area contributed by atoms with E-state index in [1.807, 2.05) is 0 Å². The van der Waals surface area contributed by atoms with Crippen LogP contribution in [-0.4, -0.2) is 41.7 Å². The minimum Gasteiger partial charge on any atom is -0.480 e. The lowest BCUT2D eigenvalue weighted by Crippen LogP contribution is -2.33. The van der Waals surface area contributed by atoms with Crippen LogP contribution in [0.15, 0.2) is 10.7 Å². The lowest BCUT2D eigenvalue weighted by molar-refractivity contribution is -0.163. The van der Waals surface area contributed by atoms with Crippen molar-refractivity contribution in [1.29, 1.82) is 0 Å². The molecular weight excluding hydrogens is 344 g/mol. The van der Waals surface area contributed by atoms with Gasteiger partial charge in [0.25, 0.3) is 0 Å². The highest BCUT2D eigenvalue weighted by molar-refractivity contribution is 9.10. The van der Waals surface area contributed by atoms with Gasteiger partial charge in [0.2, 0.25) is 11.8 Å². The third-order valence-electron chi connectivity index (χ3n) is 2.26. The number of esters is 2. The van der Waals surface area contributed by atoms with E-state index < -0.39 is 23.5 Å². The van der Waals surface area contributed by atoms with Crippen LogP contribution in [0.2, 0.25) is 0 Å². The Labute approximate surface area is 131 Å². The molecule has 0 aliphatic rings. The highest BCUT2D eigenvalue weighted by Crippen LogP contribution is 2.25. The number of ether oxygens (including phenoxy) is 3. The van der Waals surface area contributed by atoms with E-state index in [9.17, 15) is 9.59 Å². The van der Waals surface area contributed by atoms with E-state index in [0.717, 1.165) is 0 Å². The van der Waals surface area contributed by atoms with E-state index >= 15 is 0 Å². The second-order valence-electron chi connectivity index (χ2n) is 5.08. The number of halogens is 1. The van der Waals surface area contributed by atoms with Gasteiger partial charge in [0, 0.05) is 6.20 Å². The zero-order valence-electron chi connectivity index (χ0n) is 12.5. The Kier molecular flexibility index (Phi) is 5.65. The summed E-state index contributed by atoms with van der Waals surface area (Å²) in [5.74, 6) is -2.78. The molecule has 0 aliphatic heterocycles. The summed E-state index contributed by atoms with van der Waals surface area (Å²) < 4.78 is 15.4. The summed E-state index contributed by atoms with van der Waals surface area (Å²) in [6.45, 7) is 5.09. The van der Waals surface area contributed by atoms with Gasteiger partial charge < -0.3 is 14.2 Å². The molecule has 0 saturated carbocycles. The van der Waals surface area contributed by atoms with Crippen molar-refractivity contribution < 1.29 is 23.8 Å². The second kappa shape index (κ2) is 6.84. The van der Waals surface area contributed by atoms with Crippen LogP contribution in [0.25, 0.3) is 0 Å². The van der Waals surface area contributed by atoms with Crippen molar-refractivity contribution in [3.63, 3.8) is 0 Å². The van der Waals surface area contributed by atoms with Gasteiger partial charge in [-0.1, -0.05) is 0 Å². The Bertz CT molecular complexity index is 542. The van der Waals surface area contributed by atoms with Gasteiger partial charge in [-0.15, -0.1) is 0 Å². The Morgan fingerprint density at radius 3 is 2.33 bits per heavy atom. The van der Waals surface area contributed by atoms with Gasteiger partial charge in [-0.3, -0.25) is 9.59 Å². The molecule has 0 fully saturated rings. The average Bonchev–Trinajstić information content (AvgIpc) is 2.38. The van der Waals surface area contributed by atoms with Crippen LogP contribution in [-0.2, 0) is 19.1 Å². The maximum Gasteiger partial charge on any atom is 0.328 e. The van der Waals surface area contributed by atoms with Crippen LogP contribution in [0.5, 0.6) is 5.88 Å². The minimum atomic E-state index is -1.36. The summed E-state index contributed by atoms with van der Waals surface area (Å²) in [6, 6.07) is 0. The van der Waals surface area contributed by atoms with E-state index in [1.54, 1.807) is 20.8 Å². The third-order valence-corrected chi connectivity index (χ3v) is 2.81. The van der Waals surface area contributed by atoms with Crippen LogP contribution in [0, 0.1) is 0 Å². The first kappa shape index (κ1) is 17.4. The summed E-state index contributed by atoms with van der Waals surface area (Å²) in [7, 11) is 2.59. The minimum absolute atomic E-state index is 0.0452. The molecule has 1 atom stereocenters. The molecular formula is C13H17BrN2O5. The Morgan fingerprint density at radius 2 is 1.86 bits per heavy atom. The smallest absolute Gasteiger partial charge is 0.328 e. The average molecular weight is 361 g/mol. The van der Waals surface area contributed by atoms with E-state index in [1.165, 1.54) is 20.4 Å². The summed E-state index contributed by atoms with van der Waals surface area (Å²) in [4.78, 5) is 32.1. The van der Waals surface area contributed by atoms with Gasteiger partial charge in [-0.2, -0.15) is 4.98 Å². The standard InChI is InChI=1S/C13H17BrN2O5/c1-13(2,3)21-12(18)8(11(17)20-5)9-15-6-7(14)10(16-9)19-4/h6,8H,1-5H3. The van der Waals surface area contributed by atoms with Gasteiger partial charge in [0.15, 0.2) is 5.82 Å². The van der Waals surface area contributed by atoms with Crippen molar-refractivity contribution in [3.05, 3.63) is 16.5 Å². The van der Waals surface area contributed by atoms with Crippen LogP contribution in [0.3, 0.4) is 0 Å². The number of carbonyl (C=O) groups is 2. The van der Waals surface area contributed by atoms with E-state index in [2.05, 4.69) is 30.6 Å². The van der Waals surface area contributed by atoms with Crippen LogP contribution in [0.4, 0.5) is 0 Å². The zero-order valence-corrected chi connectivity index (χ0v) is 14.1. The first-order valence-electron chi connectivity index (χ1n) is 6.06. The monoisotopic (exact) mass is 360 g/mol. The van der Waals surface area contributed by atoms with Crippen LogP contribution >= 0.6 is 15.9 Å². The maximum atomic E-state index is 12.2. The normalized spacial score (nSPS) is 12.5. The first-order valence-corrected chi connectivity index (χ1v) is 6.86. The molecule has 1 unspecified atom stereocenters. The quantitative estimate of drug-likeness (QED) is 0.597. The van der Waals surface area contributed by atoms with Crippen LogP contribution < -0.4 is 4.74 Å². The molecule has 1 aromatic heterocycles. The predicted molar refractivity (Wildman–Crippen MR) is 76.9 cm³/mol. The van der Waals surface area contributed by atoms with Crippen molar-refractivity contribution in [2.24, 2.45) is 0 Å². The largest absolute Gasteiger partial charge is 0.480 e. The van der Waals surface area contributed by atoms with Crippen molar-refractivity contribution in [2.75, 3.05) is 14.2 Å². The number of nitrogens with zero attached hydrogens (tertiary/aromatic N) is 2. The second-order valence-corrected chi connectivity index (χ2v) is 5.93. The molecule has 7 nitrogen and oxygen atoms in total. The number of hydrogen-bond donors (Lipinski definition) is 0. The molecule has 0 aromatic carbocycles. The molecule has 0 aliphatic carbocycles. The van der Waals surface area contributed by atoms with Crippen molar-refractivity contribution in [3.8, 4) is 5.88 Å². The van der Waals surface area contributed by atoms with Crippen molar-refractivity contribution in [2.45, 2.75) is 32.3 Å². The fourth-order valence-corrected chi connectivity index (χ4v) is 1.79. The van der Waals surface area contributed by atoms with E-state index in [-0.39, 0.29) is 11.7 Å². The highest BCUT2D eigenvalue weighted by Gasteiger charge is 2.36. The van der Waals surface area contributed by atoms with Gasteiger partial charge in [0.1, 0.15) is 5.60 Å². The number of carbonyl (C=O) groups excluding carboxylic acids is 2. The fourth-order valence-electron chi connectivity index (χ4n) is 1.43. The topological polar surface area (TPSA) is 87.6 Å². The summed E-state index contributed by atoms with van der Waals surface area (Å²) in [5.41, 5.74) is -0.747. The molecule has 0 saturated heterocycles. The molecule has 1 heterocycles. The molecule has 0 bridgehead atoms. The number of rotatable bonds is 4. The number of hydrogen-bond acceptors (Lipinski definition) is 7. The number of methoxy groups -OCH3 is 2. The van der Waals surface area contributed by atoms with Gasteiger partial charge in [0.05, 0.1) is 18.7 Å². The molecule has 8 heteroatoms. The fraction of sp³-hybridized carbons (Fsp3) is 0.538. The maximum absolute atomic E-state index is 12.2. The summed E-state index contributed by atoms with van der Waals surface area (Å²) in [5, 5.41) is 0. The zero-order chi connectivity index (χ0) is 16.2. The molecule has 0 spiro atoms. The molecule has 0 N–H and O–H groups in total. The lowest BCUT2D eigenvalue weighted by Gasteiger charge is -2.22. The third kappa shape index (κ3) is 4.66. The summed E-state index contributed by atoms with van der Waals surface area (Å²) in [6.07, 6.45) is 1.39. The summed E-state index contributed by atoms with van der Waals surface area (Å²) >= 11 is 3.20. The Balaban J connectivity index is 3.20. The number of aromatic nitrogens is 2. The van der Waals surface area contributed by atoms with Crippen LogP contribution in [0.1, 0.15) is 32.5 Å². The SMILES string of the molecule is COC(=O)C(C(=O)OC(C)(C)C)c1ncc(Br)c(OC)n1. The molecule has 21 heavy (non-hydrogen) atoms. The molecule has 1 rings (SSSR count). The molecule has 0 amide bonds. The van der Waals surface area contributed by atoms with Crippen molar-refractivity contribution >= 4 is 27.9 Å². The van der Waals surface area contributed by atoms with E-state index in [0.29, 0.717) is 4.47 Å². The van der Waals surface area contributed by atoms with Gasteiger partial charge in [-0.05, 0) is 36.7 Å². The lowest BCUT2D eigenvalue weighted by atomic mass is 10.1. The van der Waals surface area contributed by atoms with Gasteiger partial charge in [-0.25, -0.2) is 4.98 Å². The Morgan fingerprint density at radius 1 is 1.24 bits per heavy atom. The molecule has 1 aromatic rings. The van der Waals surface area contributed by atoms with Gasteiger partial charge >= 0.3 is 11.9 Å². The highest BCUT2D eigenvalue weighted by atomic mass is 79.9. The van der Waals surface area contributed by atoms with Crippen molar-refractivity contribution in [1.82, 2.24) is 9.97 Å². The predicted octanol–water partition coefficient (Wildman–Crippen LogP) is 1.85.